The van der Waals surface area contributed by atoms with Crippen molar-refractivity contribution in [3.8, 4) is 0 Å². The molecule has 30 heavy (non-hydrogen) atoms. The Balaban J connectivity index is 1.91. The highest BCUT2D eigenvalue weighted by Crippen LogP contribution is 2.32. The van der Waals surface area contributed by atoms with Crippen LogP contribution in [0.2, 0.25) is 0 Å². The summed E-state index contributed by atoms with van der Waals surface area (Å²) in [6.07, 6.45) is 4.38. The average molecular weight is 411 g/mol. The number of nitrogens with zero attached hydrogens (tertiary/aromatic N) is 4. The number of amides is 1. The van der Waals surface area contributed by atoms with Crippen molar-refractivity contribution in [1.82, 2.24) is 4.90 Å². The van der Waals surface area contributed by atoms with Crippen molar-refractivity contribution in [3.63, 3.8) is 0 Å². The Morgan fingerprint density at radius 1 is 1.23 bits per heavy atom. The van der Waals surface area contributed by atoms with Crippen molar-refractivity contribution >= 4 is 35.2 Å². The van der Waals surface area contributed by atoms with E-state index in [2.05, 4.69) is 15.3 Å². The first kappa shape index (κ1) is 21.2. The highest BCUT2D eigenvalue weighted by Gasteiger charge is 2.21. The third-order valence-electron chi connectivity index (χ3n) is 4.77. The predicted molar refractivity (Wildman–Crippen MR) is 113 cm³/mol. The predicted octanol–water partition coefficient (Wildman–Crippen LogP) is 3.64. The maximum atomic E-state index is 12.3. The van der Waals surface area contributed by atoms with Crippen LogP contribution in [0.3, 0.4) is 0 Å². The van der Waals surface area contributed by atoms with E-state index in [1.807, 2.05) is 24.3 Å². The summed E-state index contributed by atoms with van der Waals surface area (Å²) in [5.74, 6) is 5.10. The highest BCUT2D eigenvalue weighted by atomic mass is 16.6. The Morgan fingerprint density at radius 3 is 2.70 bits per heavy atom. The fourth-order valence-corrected chi connectivity index (χ4v) is 3.35. The molecule has 0 aromatic heterocycles. The van der Waals surface area contributed by atoms with Gasteiger partial charge >= 0.3 is 12.1 Å². The molecule has 0 spiro atoms. The summed E-state index contributed by atoms with van der Waals surface area (Å²) >= 11 is 0. The van der Waals surface area contributed by atoms with Crippen molar-refractivity contribution in [1.29, 1.82) is 0 Å². The molecule has 0 radical (unpaired) electrons. The van der Waals surface area contributed by atoms with E-state index in [1.165, 1.54) is 0 Å². The van der Waals surface area contributed by atoms with E-state index in [0.717, 1.165) is 16.7 Å². The zero-order valence-electron chi connectivity index (χ0n) is 17.1. The number of nitrogens with two attached hydrogens (primary N) is 1. The van der Waals surface area contributed by atoms with Crippen LogP contribution in [0.15, 0.2) is 45.2 Å². The maximum Gasteiger partial charge on any atom is 0.410 e. The van der Waals surface area contributed by atoms with Crippen molar-refractivity contribution in [2.24, 2.45) is 21.2 Å². The van der Waals surface area contributed by atoms with Crippen LogP contribution in [0.4, 0.5) is 10.5 Å². The molecule has 0 atom stereocenters. The first-order valence-corrected chi connectivity index (χ1v) is 9.87. The molecular weight excluding hydrogens is 386 g/mol. The second-order valence-corrected chi connectivity index (χ2v) is 6.71. The quantitative estimate of drug-likeness (QED) is 0.351. The van der Waals surface area contributed by atoms with Gasteiger partial charge in [-0.3, -0.25) is 0 Å². The second kappa shape index (κ2) is 9.82. The van der Waals surface area contributed by atoms with Crippen LogP contribution in [0, 0.1) is 0 Å². The van der Waals surface area contributed by atoms with E-state index in [1.54, 1.807) is 24.8 Å². The third-order valence-corrected chi connectivity index (χ3v) is 4.77. The van der Waals surface area contributed by atoms with Gasteiger partial charge in [-0.05, 0) is 49.6 Å². The summed E-state index contributed by atoms with van der Waals surface area (Å²) in [5.41, 5.74) is 4.02. The molecule has 158 valence electrons. The number of esters is 1. The molecule has 0 saturated carbocycles. The molecule has 2 heterocycles. The van der Waals surface area contributed by atoms with Crippen molar-refractivity contribution < 1.29 is 19.1 Å². The third kappa shape index (κ3) is 4.91. The summed E-state index contributed by atoms with van der Waals surface area (Å²) in [6.45, 7) is 5.26. The van der Waals surface area contributed by atoms with Gasteiger partial charge in [0.05, 0.1) is 18.9 Å². The molecule has 1 amide bonds. The maximum absolute atomic E-state index is 12.3. The Morgan fingerprint density at radius 2 is 2.03 bits per heavy atom. The number of rotatable bonds is 4. The van der Waals surface area contributed by atoms with E-state index in [0.29, 0.717) is 43.2 Å². The standard InChI is InChI=1S/C21H25N5O4/c1-3-29-20(27)17-12-16-11-15(5-6-18(16)23-19(13-17)24-25-22)14-7-9-26(10-8-14)21(28)30-4-2/h5-7,11-12H,3-4,8-10,13H2,1-2H3,(H2,22,23,24). The molecule has 0 saturated heterocycles. The minimum atomic E-state index is -0.419. The Kier molecular flexibility index (Phi) is 6.95. The normalized spacial score (nSPS) is 16.2. The molecule has 0 unspecified atom stereocenters. The lowest BCUT2D eigenvalue weighted by Gasteiger charge is -2.26. The largest absolute Gasteiger partial charge is 0.463 e. The number of fused-ring (bicyclic) bond motifs is 1. The number of hydrogen-bond acceptors (Lipinski definition) is 7. The molecule has 9 nitrogen and oxygen atoms in total. The minimum absolute atomic E-state index is 0.181. The van der Waals surface area contributed by atoms with Gasteiger partial charge in [0, 0.05) is 30.6 Å². The number of carbonyl (C=O) groups excluding carboxylic acids is 2. The van der Waals surface area contributed by atoms with Crippen molar-refractivity contribution in [2.75, 3.05) is 26.3 Å². The highest BCUT2D eigenvalue weighted by molar-refractivity contribution is 6.03. The van der Waals surface area contributed by atoms with Crippen LogP contribution in [0.1, 0.15) is 37.8 Å². The van der Waals surface area contributed by atoms with Crippen molar-refractivity contribution in [3.05, 3.63) is 41.0 Å². The van der Waals surface area contributed by atoms with Gasteiger partial charge in [-0.1, -0.05) is 17.4 Å². The number of benzene rings is 1. The van der Waals surface area contributed by atoms with Crippen LogP contribution in [-0.4, -0.2) is 49.1 Å². The van der Waals surface area contributed by atoms with Gasteiger partial charge in [0.15, 0.2) is 5.84 Å². The molecule has 1 aromatic rings. The monoisotopic (exact) mass is 411 g/mol. The van der Waals surface area contributed by atoms with Gasteiger partial charge in [0.2, 0.25) is 0 Å². The second-order valence-electron chi connectivity index (χ2n) is 6.71. The summed E-state index contributed by atoms with van der Waals surface area (Å²) in [6, 6.07) is 5.82. The zero-order chi connectivity index (χ0) is 21.5. The fraction of sp³-hybridized carbons (Fsp3) is 0.381. The summed E-state index contributed by atoms with van der Waals surface area (Å²) in [4.78, 5) is 30.4. The molecule has 1 aromatic carbocycles. The van der Waals surface area contributed by atoms with Gasteiger partial charge in [-0.25, -0.2) is 14.6 Å². The SMILES string of the molecule is CCOC(=O)C1=Cc2cc(C3=CCN(C(=O)OCC)CC3)ccc2N=C(N=NN)C1. The molecular formula is C21H25N5O4. The molecule has 2 aliphatic rings. The topological polar surface area (TPSA) is 119 Å². The number of carbonyl (C=O) groups is 2. The lowest BCUT2D eigenvalue weighted by atomic mass is 9.96. The Bertz CT molecular complexity index is 949. The molecule has 9 heteroatoms. The first-order valence-electron chi connectivity index (χ1n) is 9.87. The van der Waals surface area contributed by atoms with Crippen LogP contribution in [0.25, 0.3) is 11.6 Å². The number of amidine groups is 1. The van der Waals surface area contributed by atoms with Gasteiger partial charge in [-0.15, -0.1) is 5.11 Å². The Labute approximate surface area is 174 Å². The van der Waals surface area contributed by atoms with E-state index < -0.39 is 5.97 Å². The van der Waals surface area contributed by atoms with Crippen molar-refractivity contribution in [2.45, 2.75) is 26.7 Å². The summed E-state index contributed by atoms with van der Waals surface area (Å²) in [5, 5.41) is 7.13. The van der Waals surface area contributed by atoms with Crippen LogP contribution < -0.4 is 5.84 Å². The van der Waals surface area contributed by atoms with Gasteiger partial charge in [0.1, 0.15) is 0 Å². The van der Waals surface area contributed by atoms with E-state index in [4.69, 9.17) is 15.3 Å². The smallest absolute Gasteiger partial charge is 0.410 e. The van der Waals surface area contributed by atoms with Gasteiger partial charge < -0.3 is 20.2 Å². The first-order chi connectivity index (χ1) is 14.5. The zero-order valence-corrected chi connectivity index (χ0v) is 17.1. The van der Waals surface area contributed by atoms with Gasteiger partial charge in [0.25, 0.3) is 0 Å². The molecule has 0 aliphatic carbocycles. The van der Waals surface area contributed by atoms with E-state index >= 15 is 0 Å². The Hall–Kier alpha value is -3.49. The molecule has 2 aliphatic heterocycles. The molecule has 2 N–H and O–H groups in total. The number of aliphatic imine (C=N–C) groups is 1. The van der Waals surface area contributed by atoms with Gasteiger partial charge in [-0.2, -0.15) is 0 Å². The molecule has 0 bridgehead atoms. The summed E-state index contributed by atoms with van der Waals surface area (Å²) < 4.78 is 10.2. The van der Waals surface area contributed by atoms with Crippen LogP contribution >= 0.6 is 0 Å². The lowest BCUT2D eigenvalue weighted by molar-refractivity contribution is -0.138. The lowest BCUT2D eigenvalue weighted by Crippen LogP contribution is -2.35. The molecule has 0 fully saturated rings. The van der Waals surface area contributed by atoms with E-state index in [9.17, 15) is 9.59 Å². The average Bonchev–Trinajstić information content (AvgIpc) is 2.93. The van der Waals surface area contributed by atoms with Crippen LogP contribution in [-0.2, 0) is 14.3 Å². The number of ether oxygens (including phenoxy) is 2. The fourth-order valence-electron chi connectivity index (χ4n) is 3.35. The van der Waals surface area contributed by atoms with Crippen LogP contribution in [0.5, 0.6) is 0 Å². The minimum Gasteiger partial charge on any atom is -0.463 e. The summed E-state index contributed by atoms with van der Waals surface area (Å²) in [7, 11) is 0. The number of hydrogen-bond donors (Lipinski definition) is 1. The molecule has 3 rings (SSSR count). The van der Waals surface area contributed by atoms with E-state index in [-0.39, 0.29) is 19.1 Å².